The normalized spacial score (nSPS) is 19.2. The van der Waals surface area contributed by atoms with Gasteiger partial charge in [0, 0.05) is 6.20 Å². The van der Waals surface area contributed by atoms with Crippen LogP contribution in [0.4, 0.5) is 0 Å². The molecule has 1 aromatic rings. The first-order chi connectivity index (χ1) is 10.8. The molecular weight excluding hydrogens is 298 g/mol. The predicted octanol–water partition coefficient (Wildman–Crippen LogP) is 5.82. The first kappa shape index (κ1) is 17.2. The van der Waals surface area contributed by atoms with E-state index in [0.29, 0.717) is 6.61 Å². The molecule has 0 atom stereocenters. The Morgan fingerprint density at radius 1 is 1.17 bits per heavy atom. The van der Waals surface area contributed by atoms with Gasteiger partial charge in [-0.05, 0) is 72.8 Å². The van der Waals surface area contributed by atoms with Gasteiger partial charge in [-0.2, -0.15) is 0 Å². The van der Waals surface area contributed by atoms with Crippen LogP contribution >= 0.6 is 0 Å². The fourth-order valence-corrected chi connectivity index (χ4v) is 3.79. The Kier molecular flexibility index (Phi) is 4.72. The van der Waals surface area contributed by atoms with Crippen LogP contribution in [0.1, 0.15) is 75.6 Å². The third kappa shape index (κ3) is 4.45. The van der Waals surface area contributed by atoms with E-state index in [1.807, 2.05) is 0 Å². The summed E-state index contributed by atoms with van der Waals surface area (Å²) in [5.41, 5.74) is 4.22. The maximum atomic E-state index is 6.37. The SMILES string of the molecule is CC(C)(C)[Si](C)(C)OCc1cc(CCC2CC2)c(C2CC2)cn1. The molecule has 0 radical (unpaired) electrons. The van der Waals surface area contributed by atoms with Crippen molar-refractivity contribution in [1.29, 1.82) is 0 Å². The molecule has 0 spiro atoms. The van der Waals surface area contributed by atoms with E-state index in [1.54, 1.807) is 5.56 Å². The number of hydrogen-bond donors (Lipinski definition) is 0. The van der Waals surface area contributed by atoms with Crippen molar-refractivity contribution in [2.45, 2.75) is 90.0 Å². The van der Waals surface area contributed by atoms with Crippen molar-refractivity contribution in [3.63, 3.8) is 0 Å². The monoisotopic (exact) mass is 331 g/mol. The van der Waals surface area contributed by atoms with E-state index in [4.69, 9.17) is 9.41 Å². The lowest BCUT2D eigenvalue weighted by atomic mass is 9.99. The zero-order valence-electron chi connectivity index (χ0n) is 15.6. The van der Waals surface area contributed by atoms with Gasteiger partial charge in [0.05, 0.1) is 12.3 Å². The molecular formula is C20H33NOSi. The van der Waals surface area contributed by atoms with Crippen LogP contribution in [0, 0.1) is 5.92 Å². The Balaban J connectivity index is 1.68. The van der Waals surface area contributed by atoms with Crippen molar-refractivity contribution in [2.75, 3.05) is 0 Å². The number of rotatable bonds is 7. The molecule has 2 aliphatic rings. The highest BCUT2D eigenvalue weighted by Gasteiger charge is 2.37. The van der Waals surface area contributed by atoms with Crippen LogP contribution in [0.5, 0.6) is 0 Å². The summed E-state index contributed by atoms with van der Waals surface area (Å²) in [6, 6.07) is 2.35. The summed E-state index contributed by atoms with van der Waals surface area (Å²) in [7, 11) is -1.69. The highest BCUT2D eigenvalue weighted by molar-refractivity contribution is 6.74. The second kappa shape index (κ2) is 6.32. The lowest BCUT2D eigenvalue weighted by Crippen LogP contribution is -2.40. The summed E-state index contributed by atoms with van der Waals surface area (Å²) in [4.78, 5) is 4.73. The molecule has 0 unspecified atom stereocenters. The van der Waals surface area contributed by atoms with Gasteiger partial charge in [0.1, 0.15) is 0 Å². The highest BCUT2D eigenvalue weighted by atomic mass is 28.4. The van der Waals surface area contributed by atoms with Gasteiger partial charge in [0.25, 0.3) is 0 Å². The molecule has 0 aliphatic heterocycles. The smallest absolute Gasteiger partial charge is 0.192 e. The summed E-state index contributed by atoms with van der Waals surface area (Å²) in [6.45, 7) is 12.2. The molecule has 0 amide bonds. The van der Waals surface area contributed by atoms with Gasteiger partial charge < -0.3 is 4.43 Å². The van der Waals surface area contributed by atoms with Crippen LogP contribution in [-0.2, 0) is 17.5 Å². The molecule has 0 saturated heterocycles. The molecule has 0 N–H and O–H groups in total. The Hall–Kier alpha value is -0.673. The fourth-order valence-electron chi connectivity index (χ4n) is 2.85. The molecule has 0 bridgehead atoms. The van der Waals surface area contributed by atoms with E-state index in [0.717, 1.165) is 17.5 Å². The fraction of sp³-hybridized carbons (Fsp3) is 0.750. The van der Waals surface area contributed by atoms with Gasteiger partial charge in [-0.15, -0.1) is 0 Å². The van der Waals surface area contributed by atoms with E-state index in [1.165, 1.54) is 44.1 Å². The van der Waals surface area contributed by atoms with Crippen LogP contribution in [0.15, 0.2) is 12.3 Å². The topological polar surface area (TPSA) is 22.1 Å². The van der Waals surface area contributed by atoms with Crippen LogP contribution in [0.2, 0.25) is 18.1 Å². The molecule has 3 rings (SSSR count). The Labute approximate surface area is 143 Å². The summed E-state index contributed by atoms with van der Waals surface area (Å²) in [6.07, 6.45) is 10.4. The van der Waals surface area contributed by atoms with Crippen molar-refractivity contribution in [2.24, 2.45) is 5.92 Å². The average Bonchev–Trinajstić information content (AvgIpc) is 3.36. The van der Waals surface area contributed by atoms with Gasteiger partial charge >= 0.3 is 0 Å². The molecule has 0 aromatic carbocycles. The summed E-state index contributed by atoms with van der Waals surface area (Å²) in [5, 5.41) is 0.260. The summed E-state index contributed by atoms with van der Waals surface area (Å²) < 4.78 is 6.37. The van der Waals surface area contributed by atoms with E-state index in [-0.39, 0.29) is 5.04 Å². The summed E-state index contributed by atoms with van der Waals surface area (Å²) in [5.74, 6) is 1.80. The van der Waals surface area contributed by atoms with Crippen molar-refractivity contribution >= 4 is 8.32 Å². The maximum Gasteiger partial charge on any atom is 0.192 e. The quantitative estimate of drug-likeness (QED) is 0.587. The second-order valence-electron chi connectivity index (χ2n) is 9.18. The third-order valence-corrected chi connectivity index (χ3v) is 10.5. The van der Waals surface area contributed by atoms with Crippen molar-refractivity contribution in [3.05, 3.63) is 29.1 Å². The Morgan fingerprint density at radius 2 is 1.87 bits per heavy atom. The minimum absolute atomic E-state index is 0.260. The molecule has 1 heterocycles. The highest BCUT2D eigenvalue weighted by Crippen LogP contribution is 2.43. The number of aromatic nitrogens is 1. The molecule has 2 saturated carbocycles. The van der Waals surface area contributed by atoms with Crippen molar-refractivity contribution in [3.8, 4) is 0 Å². The number of nitrogens with zero attached hydrogens (tertiary/aromatic N) is 1. The first-order valence-corrected chi connectivity index (χ1v) is 12.3. The molecule has 2 fully saturated rings. The van der Waals surface area contributed by atoms with Gasteiger partial charge in [-0.1, -0.05) is 33.6 Å². The predicted molar refractivity (Wildman–Crippen MR) is 99.2 cm³/mol. The number of aryl methyl sites for hydroxylation is 1. The van der Waals surface area contributed by atoms with Crippen LogP contribution in [-0.4, -0.2) is 13.3 Å². The van der Waals surface area contributed by atoms with E-state index >= 15 is 0 Å². The van der Waals surface area contributed by atoms with Gasteiger partial charge in [-0.25, -0.2) is 0 Å². The third-order valence-electron chi connectivity index (χ3n) is 6.00. The Morgan fingerprint density at radius 3 is 2.43 bits per heavy atom. The standard InChI is InChI=1S/C20H33NOSi/c1-20(2,3)23(4,5)22-14-18-12-17(9-8-15-6-7-15)19(13-21-18)16-10-11-16/h12-13,15-16H,6-11,14H2,1-5H3. The maximum absolute atomic E-state index is 6.37. The van der Waals surface area contributed by atoms with Gasteiger partial charge in [-0.3, -0.25) is 4.98 Å². The van der Waals surface area contributed by atoms with Crippen LogP contribution < -0.4 is 0 Å². The molecule has 23 heavy (non-hydrogen) atoms. The largest absolute Gasteiger partial charge is 0.411 e. The van der Waals surface area contributed by atoms with Crippen molar-refractivity contribution in [1.82, 2.24) is 4.98 Å². The molecule has 2 nitrogen and oxygen atoms in total. The lowest BCUT2D eigenvalue weighted by Gasteiger charge is -2.36. The molecule has 2 aliphatic carbocycles. The van der Waals surface area contributed by atoms with E-state index < -0.39 is 8.32 Å². The summed E-state index contributed by atoms with van der Waals surface area (Å²) >= 11 is 0. The van der Waals surface area contributed by atoms with E-state index in [2.05, 4.69) is 46.1 Å². The lowest BCUT2D eigenvalue weighted by molar-refractivity contribution is 0.272. The van der Waals surface area contributed by atoms with Crippen LogP contribution in [0.25, 0.3) is 0 Å². The second-order valence-corrected chi connectivity index (χ2v) is 14.0. The minimum atomic E-state index is -1.69. The first-order valence-electron chi connectivity index (χ1n) is 9.38. The zero-order valence-corrected chi connectivity index (χ0v) is 16.6. The molecule has 128 valence electrons. The average molecular weight is 332 g/mol. The number of hydrogen-bond acceptors (Lipinski definition) is 2. The van der Waals surface area contributed by atoms with Crippen molar-refractivity contribution < 1.29 is 4.43 Å². The van der Waals surface area contributed by atoms with Crippen LogP contribution in [0.3, 0.4) is 0 Å². The number of pyridine rings is 1. The minimum Gasteiger partial charge on any atom is -0.411 e. The Bertz CT molecular complexity index is 553. The van der Waals surface area contributed by atoms with E-state index in [9.17, 15) is 0 Å². The molecule has 1 aromatic heterocycles. The zero-order chi connectivity index (χ0) is 16.7. The van der Waals surface area contributed by atoms with Gasteiger partial charge in [0.15, 0.2) is 8.32 Å². The molecule has 3 heteroatoms. The van der Waals surface area contributed by atoms with Gasteiger partial charge in [0.2, 0.25) is 0 Å².